The van der Waals surface area contributed by atoms with Crippen LogP contribution in [0.1, 0.15) is 11.1 Å². The summed E-state index contributed by atoms with van der Waals surface area (Å²) >= 11 is 0. The van der Waals surface area contributed by atoms with Crippen LogP contribution in [0.15, 0.2) is 48.7 Å². The van der Waals surface area contributed by atoms with Gasteiger partial charge in [0.1, 0.15) is 12.1 Å². The molecular weight excluding hydrogens is 468 g/mol. The van der Waals surface area contributed by atoms with E-state index in [4.69, 9.17) is 14.5 Å². The van der Waals surface area contributed by atoms with Gasteiger partial charge >= 0.3 is 0 Å². The second-order valence-electron chi connectivity index (χ2n) is 9.35. The van der Waals surface area contributed by atoms with Gasteiger partial charge in [-0.25, -0.2) is 4.98 Å². The molecule has 194 valence electrons. The number of rotatable bonds is 8. The number of carbonyl (C=O) groups is 1. The number of nitrogens with one attached hydrogen (secondary N) is 1. The van der Waals surface area contributed by atoms with Gasteiger partial charge in [-0.2, -0.15) is 4.98 Å². The molecule has 9 nitrogen and oxygen atoms in total. The van der Waals surface area contributed by atoms with Crippen molar-refractivity contribution in [2.45, 2.75) is 13.3 Å². The van der Waals surface area contributed by atoms with Crippen molar-refractivity contribution in [3.8, 4) is 0 Å². The molecule has 0 unspecified atom stereocenters. The number of hydrogen-bond donors (Lipinski definition) is 1. The quantitative estimate of drug-likeness (QED) is 0.464. The minimum absolute atomic E-state index is 0.392. The van der Waals surface area contributed by atoms with E-state index < -0.39 is 0 Å². The molecule has 37 heavy (non-hydrogen) atoms. The van der Waals surface area contributed by atoms with Crippen LogP contribution < -0.4 is 20.0 Å². The van der Waals surface area contributed by atoms with Gasteiger partial charge in [-0.1, -0.05) is 12.1 Å². The van der Waals surface area contributed by atoms with Crippen LogP contribution in [0.2, 0.25) is 0 Å². The number of ether oxygens (including phenoxy) is 2. The summed E-state index contributed by atoms with van der Waals surface area (Å²) < 4.78 is 11.1. The predicted molar refractivity (Wildman–Crippen MR) is 147 cm³/mol. The summed E-state index contributed by atoms with van der Waals surface area (Å²) in [5, 5.41) is 3.44. The molecule has 3 heterocycles. The third-order valence-corrected chi connectivity index (χ3v) is 6.85. The number of morpholine rings is 2. The Kier molecular flexibility index (Phi) is 7.82. The summed E-state index contributed by atoms with van der Waals surface area (Å²) in [6.07, 6.45) is 3.08. The van der Waals surface area contributed by atoms with Crippen LogP contribution in [-0.2, 0) is 20.7 Å². The monoisotopic (exact) mass is 502 g/mol. The fourth-order valence-electron chi connectivity index (χ4n) is 4.76. The fraction of sp³-hybridized carbons (Fsp3) is 0.393. The molecular formula is C28H34N6O3. The third-order valence-electron chi connectivity index (χ3n) is 6.85. The highest BCUT2D eigenvalue weighted by Gasteiger charge is 2.18. The molecule has 2 aliphatic rings. The van der Waals surface area contributed by atoms with E-state index in [1.54, 1.807) is 6.20 Å². The van der Waals surface area contributed by atoms with E-state index in [-0.39, 0.29) is 0 Å². The molecule has 0 amide bonds. The molecule has 9 heteroatoms. The zero-order chi connectivity index (χ0) is 25.6. The molecule has 1 N–H and O–H groups in total. The van der Waals surface area contributed by atoms with Gasteiger partial charge in [-0.05, 0) is 48.4 Å². The highest BCUT2D eigenvalue weighted by atomic mass is 16.5. The van der Waals surface area contributed by atoms with Gasteiger partial charge in [0.2, 0.25) is 5.95 Å². The molecule has 0 bridgehead atoms. The lowest BCUT2D eigenvalue weighted by Crippen LogP contribution is -2.38. The Hall–Kier alpha value is -3.69. The minimum Gasteiger partial charge on any atom is -0.378 e. The fourth-order valence-corrected chi connectivity index (χ4v) is 4.76. The Balaban J connectivity index is 1.42. The van der Waals surface area contributed by atoms with Crippen molar-refractivity contribution >= 4 is 40.8 Å². The first-order valence-electron chi connectivity index (χ1n) is 12.8. The second-order valence-corrected chi connectivity index (χ2v) is 9.35. The first-order chi connectivity index (χ1) is 18.1. The SMILES string of the molecule is Cc1ccc(CC=O)cc1N(C)c1ccnc(Nc2cc(N3CCOCC3)cc(N3CCOCC3)c2)n1. The Labute approximate surface area is 218 Å². The third kappa shape index (κ3) is 6.00. The maximum Gasteiger partial charge on any atom is 0.229 e. The van der Waals surface area contributed by atoms with Crippen LogP contribution in [-0.4, -0.2) is 75.9 Å². The van der Waals surface area contributed by atoms with Crippen molar-refractivity contribution in [2.75, 3.05) is 79.7 Å². The van der Waals surface area contributed by atoms with Crippen LogP contribution in [0.4, 0.5) is 34.5 Å². The van der Waals surface area contributed by atoms with E-state index >= 15 is 0 Å². The van der Waals surface area contributed by atoms with Gasteiger partial charge in [-0.3, -0.25) is 0 Å². The van der Waals surface area contributed by atoms with Crippen molar-refractivity contribution in [1.82, 2.24) is 9.97 Å². The summed E-state index contributed by atoms with van der Waals surface area (Å²) in [6, 6.07) is 14.5. The normalized spacial score (nSPS) is 15.9. The molecule has 5 rings (SSSR count). The maximum atomic E-state index is 11.0. The van der Waals surface area contributed by atoms with Gasteiger partial charge in [0.05, 0.1) is 26.4 Å². The maximum absolute atomic E-state index is 11.0. The predicted octanol–water partition coefficient (Wildman–Crippen LogP) is 3.71. The van der Waals surface area contributed by atoms with Crippen LogP contribution >= 0.6 is 0 Å². The molecule has 0 saturated carbocycles. The largest absolute Gasteiger partial charge is 0.378 e. The highest BCUT2D eigenvalue weighted by molar-refractivity contribution is 5.72. The smallest absolute Gasteiger partial charge is 0.229 e. The average molecular weight is 503 g/mol. The van der Waals surface area contributed by atoms with Crippen LogP contribution in [0.5, 0.6) is 0 Å². The minimum atomic E-state index is 0.392. The lowest BCUT2D eigenvalue weighted by molar-refractivity contribution is -0.107. The van der Waals surface area contributed by atoms with E-state index in [0.29, 0.717) is 12.4 Å². The van der Waals surface area contributed by atoms with Crippen molar-refractivity contribution < 1.29 is 14.3 Å². The second kappa shape index (κ2) is 11.6. The Bertz CT molecular complexity index is 1190. The van der Waals surface area contributed by atoms with Gasteiger partial charge in [-0.15, -0.1) is 0 Å². The van der Waals surface area contributed by atoms with Crippen molar-refractivity contribution in [2.24, 2.45) is 0 Å². The van der Waals surface area contributed by atoms with E-state index in [9.17, 15) is 4.79 Å². The number of aryl methyl sites for hydroxylation is 1. The number of aldehydes is 1. The van der Waals surface area contributed by atoms with E-state index in [1.807, 2.05) is 36.2 Å². The number of carbonyl (C=O) groups excluding carboxylic acids is 1. The van der Waals surface area contributed by atoms with Gasteiger partial charge < -0.3 is 34.3 Å². The first-order valence-corrected chi connectivity index (χ1v) is 12.8. The molecule has 2 aromatic carbocycles. The van der Waals surface area contributed by atoms with Gasteiger partial charge in [0.15, 0.2) is 0 Å². The summed E-state index contributed by atoms with van der Waals surface area (Å²) in [5.74, 6) is 1.29. The van der Waals surface area contributed by atoms with E-state index in [0.717, 1.165) is 98.6 Å². The van der Waals surface area contributed by atoms with Crippen molar-refractivity contribution in [3.05, 3.63) is 59.8 Å². The molecule has 0 aliphatic carbocycles. The molecule has 0 radical (unpaired) electrons. The van der Waals surface area contributed by atoms with Gasteiger partial charge in [0, 0.05) is 68.6 Å². The Morgan fingerprint density at radius 2 is 1.59 bits per heavy atom. The lowest BCUT2D eigenvalue weighted by atomic mass is 10.1. The molecule has 0 spiro atoms. The zero-order valence-corrected chi connectivity index (χ0v) is 21.5. The average Bonchev–Trinajstić information content (AvgIpc) is 2.95. The lowest BCUT2D eigenvalue weighted by Gasteiger charge is -2.33. The molecule has 1 aromatic heterocycles. The summed E-state index contributed by atoms with van der Waals surface area (Å²) in [4.78, 5) is 27.1. The van der Waals surface area contributed by atoms with E-state index in [1.165, 1.54) is 0 Å². The number of anilines is 6. The van der Waals surface area contributed by atoms with E-state index in [2.05, 4.69) is 45.2 Å². The summed E-state index contributed by atoms with van der Waals surface area (Å²) in [5.41, 5.74) is 6.35. The highest BCUT2D eigenvalue weighted by Crippen LogP contribution is 2.31. The van der Waals surface area contributed by atoms with Crippen LogP contribution in [0, 0.1) is 6.92 Å². The number of aromatic nitrogens is 2. The molecule has 3 aromatic rings. The van der Waals surface area contributed by atoms with Gasteiger partial charge in [0.25, 0.3) is 0 Å². The first kappa shape index (κ1) is 25.0. The van der Waals surface area contributed by atoms with Crippen LogP contribution in [0.25, 0.3) is 0 Å². The Morgan fingerprint density at radius 1 is 0.946 bits per heavy atom. The summed E-state index contributed by atoms with van der Waals surface area (Å²) in [6.45, 7) is 8.45. The topological polar surface area (TPSA) is 83.1 Å². The molecule has 2 aliphatic heterocycles. The molecule has 2 saturated heterocycles. The molecule has 2 fully saturated rings. The summed E-state index contributed by atoms with van der Waals surface area (Å²) in [7, 11) is 1.98. The zero-order valence-electron chi connectivity index (χ0n) is 21.5. The number of hydrogen-bond acceptors (Lipinski definition) is 9. The molecule has 0 atom stereocenters. The number of nitrogens with zero attached hydrogens (tertiary/aromatic N) is 5. The Morgan fingerprint density at radius 3 is 2.22 bits per heavy atom. The van der Waals surface area contributed by atoms with Crippen molar-refractivity contribution in [3.63, 3.8) is 0 Å². The number of benzene rings is 2. The van der Waals surface area contributed by atoms with Crippen molar-refractivity contribution in [1.29, 1.82) is 0 Å². The van der Waals surface area contributed by atoms with Crippen LogP contribution in [0.3, 0.4) is 0 Å². The standard InChI is InChI=1S/C28H34N6O3/c1-21-3-4-22(6-12-35)17-26(21)32(2)27-5-7-29-28(31-27)30-23-18-24(33-8-13-36-14-9-33)20-25(19-23)34-10-15-37-16-11-34/h3-5,7,12,17-20H,6,8-11,13-16H2,1-2H3,(H,29,30,31).